The van der Waals surface area contributed by atoms with Gasteiger partial charge in [-0.05, 0) is 32.6 Å². The normalized spacial score (nSPS) is 23.9. The molecule has 6 nitrogen and oxygen atoms in total. The molecule has 2 unspecified atom stereocenters. The van der Waals surface area contributed by atoms with Gasteiger partial charge in [-0.1, -0.05) is 0 Å². The third-order valence-electron chi connectivity index (χ3n) is 5.26. The number of piperidine rings is 1. The molecular formula is C17H25Cl2N5OS. The van der Waals surface area contributed by atoms with Crippen LogP contribution < -0.4 is 5.32 Å². The Labute approximate surface area is 170 Å². The Balaban J connectivity index is 0.00000121. The molecule has 2 aromatic heterocycles. The molecule has 2 atom stereocenters. The summed E-state index contributed by atoms with van der Waals surface area (Å²) in [5.74, 6) is 0.103. The van der Waals surface area contributed by atoms with Gasteiger partial charge in [0.05, 0.1) is 11.9 Å². The van der Waals surface area contributed by atoms with Crippen LogP contribution in [0.5, 0.6) is 0 Å². The van der Waals surface area contributed by atoms with E-state index in [-0.39, 0.29) is 30.7 Å². The minimum absolute atomic E-state index is 0. The van der Waals surface area contributed by atoms with Crippen molar-refractivity contribution in [3.8, 4) is 10.6 Å². The fourth-order valence-corrected chi connectivity index (χ4v) is 4.94. The number of hydrogen-bond donors (Lipinski definition) is 1. The molecule has 2 saturated heterocycles. The molecule has 9 heteroatoms. The predicted octanol–water partition coefficient (Wildman–Crippen LogP) is 3.05. The summed E-state index contributed by atoms with van der Waals surface area (Å²) < 4.78 is 1.75. The molecule has 0 saturated carbocycles. The van der Waals surface area contributed by atoms with Crippen molar-refractivity contribution in [3.05, 3.63) is 23.0 Å². The summed E-state index contributed by atoms with van der Waals surface area (Å²) in [7, 11) is 3.83. The number of carbonyl (C=O) groups excluding carboxylic acids is 1. The van der Waals surface area contributed by atoms with Crippen LogP contribution in [0.15, 0.2) is 12.4 Å². The number of aryl methyl sites for hydroxylation is 2. The number of nitrogens with one attached hydrogen (secondary N) is 1. The van der Waals surface area contributed by atoms with Crippen molar-refractivity contribution in [2.45, 2.75) is 50.7 Å². The van der Waals surface area contributed by atoms with E-state index < -0.39 is 0 Å². The second-order valence-corrected chi connectivity index (χ2v) is 8.01. The molecule has 4 rings (SSSR count). The quantitative estimate of drug-likeness (QED) is 0.833. The van der Waals surface area contributed by atoms with E-state index >= 15 is 0 Å². The Morgan fingerprint density at radius 3 is 2.54 bits per heavy atom. The Kier molecular flexibility index (Phi) is 6.71. The molecule has 0 spiro atoms. The summed E-state index contributed by atoms with van der Waals surface area (Å²) in [6.45, 7) is 1.92. The lowest BCUT2D eigenvalue weighted by atomic mass is 9.98. The van der Waals surface area contributed by atoms with Crippen LogP contribution in [0.1, 0.15) is 41.0 Å². The molecule has 2 aliphatic rings. The highest BCUT2D eigenvalue weighted by Crippen LogP contribution is 2.32. The van der Waals surface area contributed by atoms with Crippen molar-refractivity contribution < 1.29 is 4.79 Å². The average Bonchev–Trinajstić information content (AvgIpc) is 3.25. The van der Waals surface area contributed by atoms with Crippen molar-refractivity contribution >= 4 is 42.1 Å². The number of thiazole rings is 1. The summed E-state index contributed by atoms with van der Waals surface area (Å²) >= 11 is 1.47. The van der Waals surface area contributed by atoms with Gasteiger partial charge in [-0.3, -0.25) is 9.48 Å². The number of carbonyl (C=O) groups is 1. The van der Waals surface area contributed by atoms with Crippen molar-refractivity contribution in [1.29, 1.82) is 0 Å². The maximum atomic E-state index is 13.0. The van der Waals surface area contributed by atoms with E-state index in [0.29, 0.717) is 18.1 Å². The minimum atomic E-state index is 0. The monoisotopic (exact) mass is 417 g/mol. The first kappa shape index (κ1) is 21.2. The molecule has 4 heterocycles. The molecule has 0 aromatic carbocycles. The van der Waals surface area contributed by atoms with Crippen LogP contribution in [0.25, 0.3) is 10.6 Å². The molecule has 26 heavy (non-hydrogen) atoms. The highest BCUT2D eigenvalue weighted by atomic mass is 35.5. The number of aromatic nitrogens is 3. The maximum Gasteiger partial charge on any atom is 0.265 e. The molecule has 1 amide bonds. The van der Waals surface area contributed by atoms with E-state index in [1.54, 1.807) is 10.9 Å². The largest absolute Gasteiger partial charge is 0.338 e. The summed E-state index contributed by atoms with van der Waals surface area (Å²) in [6.07, 6.45) is 8.33. The van der Waals surface area contributed by atoms with Gasteiger partial charge in [0, 0.05) is 44.0 Å². The van der Waals surface area contributed by atoms with Crippen LogP contribution in [-0.4, -0.2) is 50.7 Å². The van der Waals surface area contributed by atoms with E-state index in [2.05, 4.69) is 15.4 Å². The summed E-state index contributed by atoms with van der Waals surface area (Å²) in [4.78, 5) is 20.3. The fourth-order valence-electron chi connectivity index (χ4n) is 3.92. The first-order chi connectivity index (χ1) is 11.5. The van der Waals surface area contributed by atoms with E-state index in [4.69, 9.17) is 0 Å². The number of halogens is 2. The van der Waals surface area contributed by atoms with Crippen molar-refractivity contribution in [2.75, 3.05) is 7.05 Å². The number of fused-ring (bicyclic) bond motifs is 2. The van der Waals surface area contributed by atoms with Gasteiger partial charge in [0.25, 0.3) is 5.91 Å². The Hall–Kier alpha value is -1.15. The average molecular weight is 418 g/mol. The van der Waals surface area contributed by atoms with Crippen LogP contribution in [0.3, 0.4) is 0 Å². The number of rotatable bonds is 3. The number of nitrogens with zero attached hydrogens (tertiary/aromatic N) is 4. The zero-order valence-corrected chi connectivity index (χ0v) is 17.6. The van der Waals surface area contributed by atoms with Gasteiger partial charge in [-0.25, -0.2) is 4.98 Å². The SMILES string of the molecule is Cc1nc(-c2cnn(C)c2)sc1C(=O)N(C)C1CC2CCC(C1)N2.Cl.Cl. The van der Waals surface area contributed by atoms with Gasteiger partial charge < -0.3 is 10.2 Å². The van der Waals surface area contributed by atoms with Gasteiger partial charge in [-0.15, -0.1) is 36.2 Å². The zero-order valence-electron chi connectivity index (χ0n) is 15.1. The molecule has 1 N–H and O–H groups in total. The predicted molar refractivity (Wildman–Crippen MR) is 109 cm³/mol. The van der Waals surface area contributed by atoms with Gasteiger partial charge >= 0.3 is 0 Å². The standard InChI is InChI=1S/C17H23N5OS.2ClH/c1-10-15(24-16(19-10)11-8-18-21(2)9-11)17(23)22(3)14-6-12-4-5-13(7-14)20-12;;/h8-9,12-14,20H,4-7H2,1-3H3;2*1H. The van der Waals surface area contributed by atoms with E-state index in [0.717, 1.165) is 34.0 Å². The summed E-state index contributed by atoms with van der Waals surface area (Å²) in [6, 6.07) is 1.50. The number of amides is 1. The van der Waals surface area contributed by atoms with Crippen LogP contribution in [0, 0.1) is 6.92 Å². The van der Waals surface area contributed by atoms with Gasteiger partial charge in [0.2, 0.25) is 0 Å². The van der Waals surface area contributed by atoms with Crippen LogP contribution in [0.2, 0.25) is 0 Å². The van der Waals surface area contributed by atoms with E-state index in [1.165, 1.54) is 24.2 Å². The first-order valence-electron chi connectivity index (χ1n) is 8.51. The molecule has 0 aliphatic carbocycles. The molecule has 144 valence electrons. The van der Waals surface area contributed by atoms with E-state index in [1.807, 2.05) is 32.1 Å². The van der Waals surface area contributed by atoms with Gasteiger partial charge in [0.15, 0.2) is 0 Å². The molecule has 0 radical (unpaired) electrons. The van der Waals surface area contributed by atoms with Gasteiger partial charge in [-0.2, -0.15) is 5.10 Å². The van der Waals surface area contributed by atoms with E-state index in [9.17, 15) is 4.79 Å². The second kappa shape index (κ2) is 8.25. The highest BCUT2D eigenvalue weighted by molar-refractivity contribution is 7.17. The Morgan fingerprint density at radius 2 is 1.96 bits per heavy atom. The number of hydrogen-bond acceptors (Lipinski definition) is 5. The third-order valence-corrected chi connectivity index (χ3v) is 6.45. The van der Waals surface area contributed by atoms with Crippen LogP contribution in [-0.2, 0) is 7.05 Å². The van der Waals surface area contributed by atoms with Crippen LogP contribution in [0.4, 0.5) is 0 Å². The lowest BCUT2D eigenvalue weighted by Gasteiger charge is -2.35. The van der Waals surface area contributed by atoms with Crippen molar-refractivity contribution in [2.24, 2.45) is 7.05 Å². The summed E-state index contributed by atoms with van der Waals surface area (Å²) in [5, 5.41) is 8.69. The highest BCUT2D eigenvalue weighted by Gasteiger charge is 2.37. The first-order valence-corrected chi connectivity index (χ1v) is 9.32. The molecule has 2 bridgehead atoms. The maximum absolute atomic E-state index is 13.0. The lowest BCUT2D eigenvalue weighted by Crippen LogP contribution is -2.48. The summed E-state index contributed by atoms with van der Waals surface area (Å²) in [5.41, 5.74) is 1.78. The van der Waals surface area contributed by atoms with Crippen molar-refractivity contribution in [3.63, 3.8) is 0 Å². The molecule has 2 aliphatic heterocycles. The molecular weight excluding hydrogens is 393 g/mol. The molecule has 2 fully saturated rings. The third kappa shape index (κ3) is 3.91. The Bertz CT molecular complexity index is 765. The fraction of sp³-hybridized carbons (Fsp3) is 0.588. The molecule has 2 aromatic rings. The minimum Gasteiger partial charge on any atom is -0.338 e. The lowest BCUT2D eigenvalue weighted by molar-refractivity contribution is 0.0685. The Morgan fingerprint density at radius 1 is 1.31 bits per heavy atom. The zero-order chi connectivity index (χ0) is 16.8. The van der Waals surface area contributed by atoms with Crippen molar-refractivity contribution in [1.82, 2.24) is 25.0 Å². The van der Waals surface area contributed by atoms with Crippen LogP contribution >= 0.6 is 36.2 Å². The topological polar surface area (TPSA) is 63.1 Å². The second-order valence-electron chi connectivity index (χ2n) is 7.02. The van der Waals surface area contributed by atoms with Gasteiger partial charge in [0.1, 0.15) is 9.88 Å². The smallest absolute Gasteiger partial charge is 0.265 e.